The quantitative estimate of drug-likeness (QED) is 0.618. The van der Waals surface area contributed by atoms with Gasteiger partial charge >= 0.3 is 0 Å². The SMILES string of the molecule is COc1ccc(C2=NOC(CN(Cc3cccc(OC)c3)C(=O)CC(C)(C)C)C2)cc1. The van der Waals surface area contributed by atoms with Gasteiger partial charge in [-0.2, -0.15) is 0 Å². The van der Waals surface area contributed by atoms with E-state index >= 15 is 0 Å². The second-order valence-electron chi connectivity index (χ2n) is 9.06. The fourth-order valence-corrected chi connectivity index (χ4v) is 3.54. The predicted molar refractivity (Wildman–Crippen MR) is 122 cm³/mol. The smallest absolute Gasteiger partial charge is 0.223 e. The third-order valence-corrected chi connectivity index (χ3v) is 5.12. The van der Waals surface area contributed by atoms with E-state index in [1.54, 1.807) is 14.2 Å². The Kier molecular flexibility index (Phi) is 7.21. The van der Waals surface area contributed by atoms with Gasteiger partial charge in [0.05, 0.1) is 26.5 Å². The van der Waals surface area contributed by atoms with Gasteiger partial charge in [0.15, 0.2) is 6.10 Å². The lowest BCUT2D eigenvalue weighted by Crippen LogP contribution is -2.38. The summed E-state index contributed by atoms with van der Waals surface area (Å²) in [5.41, 5.74) is 2.82. The van der Waals surface area contributed by atoms with E-state index in [0.717, 1.165) is 28.3 Å². The molecule has 0 bridgehead atoms. The molecule has 0 N–H and O–H groups in total. The third kappa shape index (κ3) is 6.48. The van der Waals surface area contributed by atoms with Crippen molar-refractivity contribution in [1.29, 1.82) is 0 Å². The molecule has 6 nitrogen and oxygen atoms in total. The van der Waals surface area contributed by atoms with E-state index in [1.807, 2.05) is 53.4 Å². The van der Waals surface area contributed by atoms with Crippen molar-refractivity contribution in [2.24, 2.45) is 10.6 Å². The molecule has 0 spiro atoms. The first-order valence-corrected chi connectivity index (χ1v) is 10.6. The summed E-state index contributed by atoms with van der Waals surface area (Å²) in [6.45, 7) is 7.21. The van der Waals surface area contributed by atoms with Crippen LogP contribution in [0.4, 0.5) is 0 Å². The number of hydrogen-bond acceptors (Lipinski definition) is 5. The van der Waals surface area contributed by atoms with Crippen molar-refractivity contribution in [2.45, 2.75) is 46.3 Å². The molecule has 0 saturated carbocycles. The molecular weight excluding hydrogens is 392 g/mol. The summed E-state index contributed by atoms with van der Waals surface area (Å²) < 4.78 is 10.6. The highest BCUT2D eigenvalue weighted by Crippen LogP contribution is 2.24. The van der Waals surface area contributed by atoms with Gasteiger partial charge in [-0.05, 0) is 52.9 Å². The highest BCUT2D eigenvalue weighted by atomic mass is 16.6. The van der Waals surface area contributed by atoms with Gasteiger partial charge < -0.3 is 19.2 Å². The van der Waals surface area contributed by atoms with Crippen LogP contribution in [0.5, 0.6) is 11.5 Å². The van der Waals surface area contributed by atoms with Crippen molar-refractivity contribution in [1.82, 2.24) is 4.90 Å². The van der Waals surface area contributed by atoms with Gasteiger partial charge in [-0.15, -0.1) is 0 Å². The van der Waals surface area contributed by atoms with E-state index < -0.39 is 0 Å². The van der Waals surface area contributed by atoms with Gasteiger partial charge in [-0.1, -0.05) is 38.1 Å². The monoisotopic (exact) mass is 424 g/mol. The second-order valence-corrected chi connectivity index (χ2v) is 9.06. The molecule has 1 aliphatic rings. The van der Waals surface area contributed by atoms with Crippen LogP contribution >= 0.6 is 0 Å². The summed E-state index contributed by atoms with van der Waals surface area (Å²) in [7, 11) is 3.29. The maximum Gasteiger partial charge on any atom is 0.223 e. The summed E-state index contributed by atoms with van der Waals surface area (Å²) in [5, 5.41) is 4.28. The van der Waals surface area contributed by atoms with Crippen LogP contribution < -0.4 is 9.47 Å². The molecule has 1 atom stereocenters. The predicted octanol–water partition coefficient (Wildman–Crippen LogP) is 4.66. The van der Waals surface area contributed by atoms with E-state index in [-0.39, 0.29) is 17.4 Å². The topological polar surface area (TPSA) is 60.4 Å². The van der Waals surface area contributed by atoms with Gasteiger partial charge in [-0.3, -0.25) is 4.79 Å². The fraction of sp³-hybridized carbons (Fsp3) is 0.440. The molecular formula is C25H32N2O4. The van der Waals surface area contributed by atoms with Crippen molar-refractivity contribution < 1.29 is 19.1 Å². The number of rotatable bonds is 8. The number of carbonyl (C=O) groups is 1. The van der Waals surface area contributed by atoms with Crippen molar-refractivity contribution in [3.8, 4) is 11.5 Å². The first-order valence-electron chi connectivity index (χ1n) is 10.6. The summed E-state index contributed by atoms with van der Waals surface area (Å²) in [6, 6.07) is 15.6. The Labute approximate surface area is 184 Å². The second kappa shape index (κ2) is 9.86. The van der Waals surface area contributed by atoms with Crippen molar-refractivity contribution >= 4 is 11.6 Å². The molecule has 1 unspecified atom stereocenters. The number of nitrogens with zero attached hydrogens (tertiary/aromatic N) is 2. The standard InChI is InChI=1S/C25H32N2O4/c1-25(2,3)15-24(28)27(16-18-7-6-8-21(13-18)30-5)17-22-14-23(26-31-22)19-9-11-20(29-4)12-10-19/h6-13,22H,14-17H2,1-5H3. The molecule has 31 heavy (non-hydrogen) atoms. The Hall–Kier alpha value is -3.02. The van der Waals surface area contributed by atoms with E-state index in [0.29, 0.717) is 25.9 Å². The van der Waals surface area contributed by atoms with Crippen molar-refractivity contribution in [3.63, 3.8) is 0 Å². The van der Waals surface area contributed by atoms with Gasteiger partial charge in [0.2, 0.25) is 5.91 Å². The largest absolute Gasteiger partial charge is 0.497 e. The molecule has 166 valence electrons. The van der Waals surface area contributed by atoms with E-state index in [9.17, 15) is 4.79 Å². The molecule has 6 heteroatoms. The van der Waals surface area contributed by atoms with Crippen molar-refractivity contribution in [2.75, 3.05) is 20.8 Å². The number of hydrogen-bond donors (Lipinski definition) is 0. The summed E-state index contributed by atoms with van der Waals surface area (Å²) in [6.07, 6.45) is 0.950. The molecule has 2 aromatic carbocycles. The lowest BCUT2D eigenvalue weighted by Gasteiger charge is -2.28. The van der Waals surface area contributed by atoms with Gasteiger partial charge in [0.25, 0.3) is 0 Å². The van der Waals surface area contributed by atoms with Crippen LogP contribution in [0, 0.1) is 5.41 Å². The zero-order valence-corrected chi connectivity index (χ0v) is 19.1. The number of oxime groups is 1. The first-order chi connectivity index (χ1) is 14.8. The number of carbonyl (C=O) groups excluding carboxylic acids is 1. The minimum Gasteiger partial charge on any atom is -0.497 e. The number of methoxy groups -OCH3 is 2. The van der Waals surface area contributed by atoms with E-state index in [1.165, 1.54) is 0 Å². The van der Waals surface area contributed by atoms with Crippen molar-refractivity contribution in [3.05, 3.63) is 59.7 Å². The third-order valence-electron chi connectivity index (χ3n) is 5.12. The normalized spacial score (nSPS) is 15.8. The summed E-state index contributed by atoms with van der Waals surface area (Å²) in [5.74, 6) is 1.69. The maximum absolute atomic E-state index is 13.1. The highest BCUT2D eigenvalue weighted by molar-refractivity contribution is 6.01. The van der Waals surface area contributed by atoms with Crippen LogP contribution in [0.25, 0.3) is 0 Å². The Morgan fingerprint density at radius 1 is 1.10 bits per heavy atom. The Bertz CT molecular complexity index is 916. The fourth-order valence-electron chi connectivity index (χ4n) is 3.54. The molecule has 0 fully saturated rings. The molecule has 2 aromatic rings. The summed E-state index contributed by atoms with van der Waals surface area (Å²) >= 11 is 0. The number of amides is 1. The first kappa shape index (κ1) is 22.7. The average Bonchev–Trinajstić information content (AvgIpc) is 3.21. The maximum atomic E-state index is 13.1. The van der Waals surface area contributed by atoms with E-state index in [2.05, 4.69) is 25.9 Å². The summed E-state index contributed by atoms with van der Waals surface area (Å²) in [4.78, 5) is 20.7. The molecule has 3 rings (SSSR count). The van der Waals surface area contributed by atoms with Crippen LogP contribution in [0.2, 0.25) is 0 Å². The Morgan fingerprint density at radius 3 is 2.45 bits per heavy atom. The minimum atomic E-state index is -0.174. The van der Waals surface area contributed by atoms with Gasteiger partial charge in [-0.25, -0.2) is 0 Å². The number of ether oxygens (including phenoxy) is 2. The zero-order valence-electron chi connectivity index (χ0n) is 19.1. The van der Waals surface area contributed by atoms with Crippen LogP contribution in [0.15, 0.2) is 53.7 Å². The van der Waals surface area contributed by atoms with Crippen LogP contribution in [-0.2, 0) is 16.2 Å². The molecule has 0 radical (unpaired) electrons. The Balaban J connectivity index is 1.70. The molecule has 0 aliphatic carbocycles. The van der Waals surface area contributed by atoms with E-state index in [4.69, 9.17) is 14.3 Å². The minimum absolute atomic E-state index is 0.0923. The molecule has 1 amide bonds. The van der Waals surface area contributed by atoms with Crippen LogP contribution in [0.1, 0.15) is 44.7 Å². The zero-order chi connectivity index (χ0) is 22.4. The average molecular weight is 425 g/mol. The van der Waals surface area contributed by atoms with Crippen LogP contribution in [0.3, 0.4) is 0 Å². The lowest BCUT2D eigenvalue weighted by atomic mass is 9.91. The van der Waals surface area contributed by atoms with Gasteiger partial charge in [0, 0.05) is 19.4 Å². The molecule has 0 aromatic heterocycles. The lowest BCUT2D eigenvalue weighted by molar-refractivity contribution is -0.135. The van der Waals surface area contributed by atoms with Gasteiger partial charge in [0.1, 0.15) is 11.5 Å². The van der Waals surface area contributed by atoms with Crippen LogP contribution in [-0.4, -0.2) is 43.4 Å². The molecule has 0 saturated heterocycles. The highest BCUT2D eigenvalue weighted by Gasteiger charge is 2.28. The Morgan fingerprint density at radius 2 is 1.81 bits per heavy atom. The molecule has 1 aliphatic heterocycles. The number of benzene rings is 2. The molecule has 1 heterocycles.